The highest BCUT2D eigenvalue weighted by molar-refractivity contribution is 9.09. The first-order valence-corrected chi connectivity index (χ1v) is 7.66. The summed E-state index contributed by atoms with van der Waals surface area (Å²) in [5, 5.41) is 2.93. The van der Waals surface area contributed by atoms with Gasteiger partial charge in [0.2, 0.25) is 0 Å². The van der Waals surface area contributed by atoms with Gasteiger partial charge in [0.05, 0.1) is 0 Å². The molecule has 0 radical (unpaired) electrons. The Hall–Kier alpha value is -0.900. The molecule has 1 aromatic rings. The summed E-state index contributed by atoms with van der Waals surface area (Å²) in [6.07, 6.45) is 4.61. The molecule has 1 aromatic carbocycles. The molecule has 0 spiro atoms. The maximum Gasteiger partial charge on any atom is 0.251 e. The van der Waals surface area contributed by atoms with E-state index in [2.05, 4.69) is 21.2 Å². The minimum Gasteiger partial charge on any atom is -0.352 e. The van der Waals surface area contributed by atoms with Gasteiger partial charge in [-0.2, -0.15) is 0 Å². The lowest BCUT2D eigenvalue weighted by Gasteiger charge is -2.25. The van der Waals surface area contributed by atoms with E-state index >= 15 is 0 Å². The van der Waals surface area contributed by atoms with Gasteiger partial charge in [0, 0.05) is 16.9 Å². The van der Waals surface area contributed by atoms with E-state index in [-0.39, 0.29) is 11.7 Å². The molecule has 2 nitrogen and oxygen atoms in total. The van der Waals surface area contributed by atoms with Crippen molar-refractivity contribution in [2.75, 3.05) is 6.54 Å². The number of carbonyl (C=O) groups excluding carboxylic acids is 1. The van der Waals surface area contributed by atoms with Crippen LogP contribution in [0.2, 0.25) is 0 Å². The molecule has 2 rings (SSSR count). The van der Waals surface area contributed by atoms with E-state index in [4.69, 9.17) is 0 Å². The number of aryl methyl sites for hydroxylation is 1. The lowest BCUT2D eigenvalue weighted by Crippen LogP contribution is -2.31. The highest BCUT2D eigenvalue weighted by atomic mass is 79.9. The Bertz CT molecular complexity index is 455. The molecular weight excluding hydrogens is 309 g/mol. The van der Waals surface area contributed by atoms with Crippen molar-refractivity contribution in [3.05, 3.63) is 35.1 Å². The van der Waals surface area contributed by atoms with Gasteiger partial charge < -0.3 is 5.32 Å². The van der Waals surface area contributed by atoms with Gasteiger partial charge in [-0.05, 0) is 56.2 Å². The summed E-state index contributed by atoms with van der Waals surface area (Å²) in [5.41, 5.74) is 1.25. The number of carbonyl (C=O) groups is 1. The third-order valence-corrected chi connectivity index (χ3v) is 4.69. The molecule has 0 unspecified atom stereocenters. The van der Waals surface area contributed by atoms with E-state index in [0.29, 0.717) is 22.9 Å². The summed E-state index contributed by atoms with van der Waals surface area (Å²) in [6, 6.07) is 4.32. The summed E-state index contributed by atoms with van der Waals surface area (Å²) in [5.74, 6) is 0.0140. The molecule has 0 saturated heterocycles. The smallest absolute Gasteiger partial charge is 0.251 e. The average molecular weight is 328 g/mol. The van der Waals surface area contributed by atoms with E-state index in [1.54, 1.807) is 6.07 Å². The zero-order chi connectivity index (χ0) is 13.8. The summed E-state index contributed by atoms with van der Waals surface area (Å²) in [4.78, 5) is 12.7. The second-order valence-corrected chi connectivity index (χ2v) is 6.58. The van der Waals surface area contributed by atoms with E-state index < -0.39 is 0 Å². The molecule has 1 fully saturated rings. The minimum atomic E-state index is -0.365. The average Bonchev–Trinajstić information content (AvgIpc) is 2.40. The quantitative estimate of drug-likeness (QED) is 0.840. The van der Waals surface area contributed by atoms with E-state index in [1.165, 1.54) is 25.0 Å². The van der Waals surface area contributed by atoms with Crippen LogP contribution in [0.25, 0.3) is 0 Å². The van der Waals surface area contributed by atoms with E-state index in [0.717, 1.165) is 18.4 Å². The first-order valence-electron chi connectivity index (χ1n) is 6.74. The van der Waals surface area contributed by atoms with Gasteiger partial charge in [-0.3, -0.25) is 4.79 Å². The number of hydrogen-bond donors (Lipinski definition) is 1. The predicted octanol–water partition coefficient (Wildman–Crippen LogP) is 3.82. The van der Waals surface area contributed by atoms with Crippen molar-refractivity contribution in [3.8, 4) is 0 Å². The second kappa shape index (κ2) is 6.51. The lowest BCUT2D eigenvalue weighted by molar-refractivity contribution is 0.0943. The molecule has 0 atom stereocenters. The van der Waals surface area contributed by atoms with Gasteiger partial charge >= 0.3 is 0 Å². The normalized spacial score (nSPS) is 23.1. The van der Waals surface area contributed by atoms with Gasteiger partial charge in [0.15, 0.2) is 0 Å². The third kappa shape index (κ3) is 4.03. The number of benzene rings is 1. The van der Waals surface area contributed by atoms with Gasteiger partial charge in [0.1, 0.15) is 5.82 Å². The fourth-order valence-electron chi connectivity index (χ4n) is 2.50. The summed E-state index contributed by atoms with van der Waals surface area (Å²) in [6.45, 7) is 2.51. The molecule has 1 N–H and O–H groups in total. The van der Waals surface area contributed by atoms with Crippen LogP contribution in [-0.4, -0.2) is 17.3 Å². The molecule has 0 bridgehead atoms. The monoisotopic (exact) mass is 327 g/mol. The Morgan fingerprint density at radius 3 is 2.74 bits per heavy atom. The van der Waals surface area contributed by atoms with Crippen molar-refractivity contribution in [1.29, 1.82) is 0 Å². The van der Waals surface area contributed by atoms with Gasteiger partial charge in [-0.1, -0.05) is 22.0 Å². The Morgan fingerprint density at radius 1 is 1.37 bits per heavy atom. The van der Waals surface area contributed by atoms with Crippen LogP contribution in [0.1, 0.15) is 41.6 Å². The maximum atomic E-state index is 13.2. The maximum absolute atomic E-state index is 13.2. The number of halogens is 2. The van der Waals surface area contributed by atoms with Crippen LogP contribution in [0.4, 0.5) is 4.39 Å². The van der Waals surface area contributed by atoms with E-state index in [9.17, 15) is 9.18 Å². The Kier molecular flexibility index (Phi) is 4.97. The molecule has 1 aliphatic rings. The summed E-state index contributed by atoms with van der Waals surface area (Å²) in [7, 11) is 0. The minimum absolute atomic E-state index is 0.169. The SMILES string of the molecule is Cc1ccc(F)cc1C(=O)NCC1CCC(Br)CC1. The fraction of sp³-hybridized carbons (Fsp3) is 0.533. The first kappa shape index (κ1) is 14.5. The van der Waals surface area contributed by atoms with Crippen LogP contribution >= 0.6 is 15.9 Å². The number of nitrogens with one attached hydrogen (secondary N) is 1. The molecule has 1 aliphatic carbocycles. The highest BCUT2D eigenvalue weighted by Crippen LogP contribution is 2.28. The van der Waals surface area contributed by atoms with Gasteiger partial charge in [-0.25, -0.2) is 4.39 Å². The Balaban J connectivity index is 1.89. The number of hydrogen-bond acceptors (Lipinski definition) is 1. The number of rotatable bonds is 3. The molecule has 1 amide bonds. The first-order chi connectivity index (χ1) is 9.06. The highest BCUT2D eigenvalue weighted by Gasteiger charge is 2.20. The van der Waals surface area contributed by atoms with E-state index in [1.807, 2.05) is 6.92 Å². The van der Waals surface area contributed by atoms with Crippen molar-refractivity contribution >= 4 is 21.8 Å². The second-order valence-electron chi connectivity index (χ2n) is 5.29. The Labute approximate surface area is 121 Å². The largest absolute Gasteiger partial charge is 0.352 e. The summed E-state index contributed by atoms with van der Waals surface area (Å²) >= 11 is 3.62. The van der Waals surface area contributed by atoms with Crippen molar-refractivity contribution in [2.45, 2.75) is 37.4 Å². The number of amides is 1. The topological polar surface area (TPSA) is 29.1 Å². The molecule has 1 saturated carbocycles. The fourth-order valence-corrected chi connectivity index (χ4v) is 3.03. The van der Waals surface area contributed by atoms with Crippen LogP contribution in [0.5, 0.6) is 0 Å². The molecule has 4 heteroatoms. The van der Waals surface area contributed by atoms with Crippen molar-refractivity contribution in [1.82, 2.24) is 5.32 Å². The van der Waals surface area contributed by atoms with Crippen LogP contribution in [0.3, 0.4) is 0 Å². The lowest BCUT2D eigenvalue weighted by atomic mass is 9.89. The standard InChI is InChI=1S/C15H19BrFNO/c1-10-2-7-13(17)8-14(10)15(19)18-9-11-3-5-12(16)6-4-11/h2,7-8,11-12H,3-6,9H2,1H3,(H,18,19). The zero-order valence-electron chi connectivity index (χ0n) is 11.1. The molecule has 0 aliphatic heterocycles. The molecule has 0 aromatic heterocycles. The van der Waals surface area contributed by atoms with Crippen LogP contribution in [0, 0.1) is 18.7 Å². The summed E-state index contributed by atoms with van der Waals surface area (Å²) < 4.78 is 13.2. The zero-order valence-corrected chi connectivity index (χ0v) is 12.7. The van der Waals surface area contributed by atoms with Crippen LogP contribution < -0.4 is 5.32 Å². The molecule has 104 valence electrons. The molecular formula is C15H19BrFNO. The van der Waals surface area contributed by atoms with Crippen molar-refractivity contribution in [3.63, 3.8) is 0 Å². The van der Waals surface area contributed by atoms with Gasteiger partial charge in [-0.15, -0.1) is 0 Å². The van der Waals surface area contributed by atoms with Gasteiger partial charge in [0.25, 0.3) is 5.91 Å². The van der Waals surface area contributed by atoms with Crippen LogP contribution in [-0.2, 0) is 0 Å². The number of alkyl halides is 1. The molecule has 19 heavy (non-hydrogen) atoms. The van der Waals surface area contributed by atoms with Crippen LogP contribution in [0.15, 0.2) is 18.2 Å². The Morgan fingerprint density at radius 2 is 2.05 bits per heavy atom. The molecule has 0 heterocycles. The predicted molar refractivity (Wildman–Crippen MR) is 78.1 cm³/mol. The van der Waals surface area contributed by atoms with Crippen molar-refractivity contribution < 1.29 is 9.18 Å². The third-order valence-electron chi connectivity index (χ3n) is 3.77. The van der Waals surface area contributed by atoms with Crippen molar-refractivity contribution in [2.24, 2.45) is 5.92 Å².